The molecule has 0 unspecified atom stereocenters. The lowest BCUT2D eigenvalue weighted by Crippen LogP contribution is -2.02. The van der Waals surface area contributed by atoms with Crippen LogP contribution < -0.4 is 10.5 Å². The van der Waals surface area contributed by atoms with Crippen molar-refractivity contribution in [2.45, 2.75) is 13.2 Å². The van der Waals surface area contributed by atoms with E-state index in [1.54, 1.807) is 18.5 Å². The first-order valence-electron chi connectivity index (χ1n) is 5.17. The summed E-state index contributed by atoms with van der Waals surface area (Å²) in [6.45, 7) is 0.826. The zero-order valence-electron chi connectivity index (χ0n) is 9.14. The van der Waals surface area contributed by atoms with Gasteiger partial charge in [-0.15, -0.1) is 0 Å². The first-order valence-corrected chi connectivity index (χ1v) is 5.96. The Morgan fingerprint density at radius 3 is 2.71 bits per heavy atom. The van der Waals surface area contributed by atoms with Crippen LogP contribution >= 0.6 is 15.9 Å². The first kappa shape index (κ1) is 12.0. The predicted octanol–water partition coefficient (Wildman–Crippen LogP) is 2.28. The topological polar surface area (TPSA) is 61.0 Å². The molecule has 0 spiro atoms. The summed E-state index contributed by atoms with van der Waals surface area (Å²) in [6, 6.07) is 7.48. The van der Waals surface area contributed by atoms with Crippen LogP contribution in [0.5, 0.6) is 5.75 Å². The van der Waals surface area contributed by atoms with Crippen molar-refractivity contribution < 1.29 is 4.74 Å². The maximum Gasteiger partial charge on any atom is 0.166 e. The van der Waals surface area contributed by atoms with Crippen molar-refractivity contribution in [1.82, 2.24) is 9.97 Å². The van der Waals surface area contributed by atoms with Gasteiger partial charge in [0, 0.05) is 23.4 Å². The van der Waals surface area contributed by atoms with Crippen LogP contribution in [0.3, 0.4) is 0 Å². The molecule has 0 bridgehead atoms. The third-order valence-corrected chi connectivity index (χ3v) is 3.00. The molecule has 1 heterocycles. The number of nitrogens with two attached hydrogens (primary N) is 1. The van der Waals surface area contributed by atoms with Gasteiger partial charge in [0.15, 0.2) is 5.82 Å². The van der Waals surface area contributed by atoms with Gasteiger partial charge < -0.3 is 10.5 Å². The molecule has 0 saturated carbocycles. The second kappa shape index (κ2) is 5.75. The molecular formula is C12H12BrN3O. The summed E-state index contributed by atoms with van der Waals surface area (Å²) < 4.78 is 6.58. The maximum absolute atomic E-state index is 5.62. The summed E-state index contributed by atoms with van der Waals surface area (Å²) in [4.78, 5) is 8.17. The van der Waals surface area contributed by atoms with Crippen LogP contribution in [0.4, 0.5) is 0 Å². The van der Waals surface area contributed by atoms with Gasteiger partial charge in [0.2, 0.25) is 0 Å². The van der Waals surface area contributed by atoms with Gasteiger partial charge in [-0.1, -0.05) is 15.9 Å². The maximum atomic E-state index is 5.62. The number of aromatic nitrogens is 2. The van der Waals surface area contributed by atoms with E-state index in [-0.39, 0.29) is 0 Å². The van der Waals surface area contributed by atoms with E-state index < -0.39 is 0 Å². The molecule has 2 rings (SSSR count). The van der Waals surface area contributed by atoms with Gasteiger partial charge in [-0.25, -0.2) is 9.97 Å². The van der Waals surface area contributed by atoms with Crippen LogP contribution in [-0.4, -0.2) is 9.97 Å². The van der Waals surface area contributed by atoms with Crippen molar-refractivity contribution >= 4 is 15.9 Å². The van der Waals surface area contributed by atoms with E-state index in [1.165, 1.54) is 0 Å². The van der Waals surface area contributed by atoms with Crippen LogP contribution in [0.1, 0.15) is 11.4 Å². The minimum Gasteiger partial charge on any atom is -0.486 e. The minimum absolute atomic E-state index is 0.354. The van der Waals surface area contributed by atoms with Gasteiger partial charge >= 0.3 is 0 Å². The summed E-state index contributed by atoms with van der Waals surface area (Å²) >= 11 is 3.43. The molecule has 0 radical (unpaired) electrons. The average Bonchev–Trinajstić information content (AvgIpc) is 2.39. The Balaban J connectivity index is 2.04. The van der Waals surface area contributed by atoms with Gasteiger partial charge in [-0.05, 0) is 29.8 Å². The third kappa shape index (κ3) is 3.25. The molecule has 2 N–H and O–H groups in total. The van der Waals surface area contributed by atoms with Crippen molar-refractivity contribution in [3.63, 3.8) is 0 Å². The van der Waals surface area contributed by atoms with Gasteiger partial charge in [-0.3, -0.25) is 0 Å². The summed E-state index contributed by atoms with van der Waals surface area (Å²) in [5.41, 5.74) is 6.63. The van der Waals surface area contributed by atoms with Crippen LogP contribution in [0.25, 0.3) is 0 Å². The largest absolute Gasteiger partial charge is 0.486 e. The van der Waals surface area contributed by atoms with E-state index in [2.05, 4.69) is 25.9 Å². The lowest BCUT2D eigenvalue weighted by Gasteiger charge is -2.07. The van der Waals surface area contributed by atoms with Crippen LogP contribution in [0.15, 0.2) is 41.1 Å². The normalized spacial score (nSPS) is 10.2. The van der Waals surface area contributed by atoms with E-state index in [1.807, 2.05) is 18.2 Å². The number of rotatable bonds is 4. The zero-order valence-corrected chi connectivity index (χ0v) is 10.7. The third-order valence-electron chi connectivity index (χ3n) is 2.22. The molecule has 0 aliphatic carbocycles. The fraction of sp³-hybridized carbons (Fsp3) is 0.167. The van der Waals surface area contributed by atoms with Gasteiger partial charge in [0.1, 0.15) is 12.4 Å². The second-order valence-electron chi connectivity index (χ2n) is 3.41. The average molecular weight is 294 g/mol. The highest BCUT2D eigenvalue weighted by molar-refractivity contribution is 9.10. The first-order chi connectivity index (χ1) is 8.29. The number of hydrogen-bond donors (Lipinski definition) is 1. The summed E-state index contributed by atoms with van der Waals surface area (Å²) in [5.74, 6) is 1.42. The van der Waals surface area contributed by atoms with E-state index in [9.17, 15) is 0 Å². The monoisotopic (exact) mass is 293 g/mol. The van der Waals surface area contributed by atoms with Crippen molar-refractivity contribution in [3.05, 3.63) is 52.5 Å². The number of ether oxygens (including phenoxy) is 1. The Kier molecular flexibility index (Phi) is 4.06. The fourth-order valence-corrected chi connectivity index (χ4v) is 1.76. The Labute approximate surface area is 108 Å². The number of hydrogen-bond acceptors (Lipinski definition) is 4. The van der Waals surface area contributed by atoms with Gasteiger partial charge in [0.05, 0.1) is 0 Å². The standard InChI is InChI=1S/C12H12BrN3O/c13-11-3-2-10(6-9(11)7-14)17-8-12-15-4-1-5-16-12/h1-6H,7-8,14H2. The molecule has 0 aliphatic rings. The van der Waals surface area contributed by atoms with Crippen molar-refractivity contribution in [2.75, 3.05) is 0 Å². The summed E-state index contributed by atoms with van der Waals surface area (Å²) in [6.07, 6.45) is 3.39. The molecule has 4 nitrogen and oxygen atoms in total. The molecule has 5 heteroatoms. The molecule has 0 aliphatic heterocycles. The Morgan fingerprint density at radius 1 is 1.24 bits per heavy atom. The van der Waals surface area contributed by atoms with Crippen LogP contribution in [0.2, 0.25) is 0 Å². The molecule has 17 heavy (non-hydrogen) atoms. The highest BCUT2D eigenvalue weighted by Crippen LogP contribution is 2.22. The second-order valence-corrected chi connectivity index (χ2v) is 4.27. The van der Waals surface area contributed by atoms with E-state index >= 15 is 0 Å². The SMILES string of the molecule is NCc1cc(OCc2ncccn2)ccc1Br. The Morgan fingerprint density at radius 2 is 2.00 bits per heavy atom. The molecule has 88 valence electrons. The van der Waals surface area contributed by atoms with Crippen molar-refractivity contribution in [3.8, 4) is 5.75 Å². The van der Waals surface area contributed by atoms with E-state index in [0.29, 0.717) is 19.0 Å². The van der Waals surface area contributed by atoms with Crippen molar-refractivity contribution in [1.29, 1.82) is 0 Å². The minimum atomic E-state index is 0.354. The Hall–Kier alpha value is -1.46. The molecule has 2 aromatic rings. The Bertz CT molecular complexity index is 490. The molecule has 0 atom stereocenters. The number of nitrogens with zero attached hydrogens (tertiary/aromatic N) is 2. The number of halogens is 1. The lowest BCUT2D eigenvalue weighted by atomic mass is 10.2. The zero-order chi connectivity index (χ0) is 12.1. The van der Waals surface area contributed by atoms with Crippen molar-refractivity contribution in [2.24, 2.45) is 5.73 Å². The van der Waals surface area contributed by atoms with Gasteiger partial charge in [-0.2, -0.15) is 0 Å². The molecule has 0 amide bonds. The van der Waals surface area contributed by atoms with E-state index in [0.717, 1.165) is 15.8 Å². The van der Waals surface area contributed by atoms with E-state index in [4.69, 9.17) is 10.5 Å². The van der Waals surface area contributed by atoms with Gasteiger partial charge in [0.25, 0.3) is 0 Å². The molecular weight excluding hydrogens is 282 g/mol. The molecule has 0 saturated heterocycles. The summed E-state index contributed by atoms with van der Waals surface area (Å²) in [5, 5.41) is 0. The van der Waals surface area contributed by atoms with Crippen LogP contribution in [0, 0.1) is 0 Å². The fourth-order valence-electron chi connectivity index (χ4n) is 1.35. The quantitative estimate of drug-likeness (QED) is 0.939. The smallest absolute Gasteiger partial charge is 0.166 e. The lowest BCUT2D eigenvalue weighted by molar-refractivity contribution is 0.295. The predicted molar refractivity (Wildman–Crippen MR) is 68.4 cm³/mol. The summed E-state index contributed by atoms with van der Waals surface area (Å²) in [7, 11) is 0. The molecule has 0 fully saturated rings. The molecule has 1 aromatic heterocycles. The highest BCUT2D eigenvalue weighted by atomic mass is 79.9. The van der Waals surface area contributed by atoms with Crippen LogP contribution in [-0.2, 0) is 13.2 Å². The highest BCUT2D eigenvalue weighted by Gasteiger charge is 2.02. The number of benzene rings is 1. The molecule has 1 aromatic carbocycles.